The molecule has 0 aliphatic rings. The van der Waals surface area contributed by atoms with Crippen molar-refractivity contribution in [2.24, 2.45) is 0 Å². The van der Waals surface area contributed by atoms with Crippen molar-refractivity contribution >= 4 is 22.2 Å². The minimum Gasteiger partial charge on any atom is -0.388 e. The van der Waals surface area contributed by atoms with Crippen LogP contribution >= 0.6 is 11.3 Å². The van der Waals surface area contributed by atoms with Gasteiger partial charge in [0.2, 0.25) is 0 Å². The average Bonchev–Trinajstić information content (AvgIpc) is 2.75. The summed E-state index contributed by atoms with van der Waals surface area (Å²) in [5.41, 5.74) is 3.30. The zero-order chi connectivity index (χ0) is 14.0. The molecule has 0 saturated heterocycles. The van der Waals surface area contributed by atoms with E-state index >= 15 is 0 Å². The molecule has 2 aromatic rings. The van der Waals surface area contributed by atoms with Crippen LogP contribution in [-0.4, -0.2) is 16.6 Å². The number of aliphatic hydroxyl groups is 1. The molecule has 102 valence electrons. The Hall–Kier alpha value is -1.39. The lowest BCUT2D eigenvalue weighted by Crippen LogP contribution is -2.15. The number of aromatic nitrogens is 1. The Morgan fingerprint density at radius 2 is 1.89 bits per heavy atom. The van der Waals surface area contributed by atoms with E-state index in [1.54, 1.807) is 18.3 Å². The topological polar surface area (TPSA) is 36.4 Å². The van der Waals surface area contributed by atoms with Gasteiger partial charge in [0.25, 0.3) is 0 Å². The van der Waals surface area contributed by atoms with Gasteiger partial charge in [-0.3, -0.25) is 0 Å². The van der Waals surface area contributed by atoms with Crippen LogP contribution in [0.2, 0.25) is 0 Å². The van der Waals surface area contributed by atoms with Crippen LogP contribution in [-0.2, 0) is 0 Å². The summed E-state index contributed by atoms with van der Waals surface area (Å²) in [5, 5.41) is 10.7. The van der Waals surface area contributed by atoms with Crippen LogP contribution in [0.25, 0.3) is 0 Å². The minimum atomic E-state index is -0.456. The Bertz CT molecular complexity index is 546. The van der Waals surface area contributed by atoms with E-state index in [1.807, 2.05) is 6.92 Å². The molecule has 0 saturated carbocycles. The second-order valence-electron chi connectivity index (χ2n) is 4.70. The maximum absolute atomic E-state index is 9.73. The normalized spacial score (nSPS) is 12.5. The molecule has 1 N–H and O–H groups in total. The van der Waals surface area contributed by atoms with E-state index in [1.165, 1.54) is 5.56 Å². The van der Waals surface area contributed by atoms with Gasteiger partial charge in [-0.2, -0.15) is 0 Å². The molecule has 1 unspecified atom stereocenters. The SMILES string of the molecule is CCN(c1ccc(C)cc1)c1nc(C)c(C(C)O)s1. The summed E-state index contributed by atoms with van der Waals surface area (Å²) in [6.45, 7) is 8.78. The molecular weight excluding hydrogens is 256 g/mol. The first-order valence-electron chi connectivity index (χ1n) is 6.52. The number of nitrogens with zero attached hydrogens (tertiary/aromatic N) is 2. The monoisotopic (exact) mass is 276 g/mol. The number of thiazole rings is 1. The summed E-state index contributed by atoms with van der Waals surface area (Å²) in [5.74, 6) is 0. The second kappa shape index (κ2) is 5.72. The van der Waals surface area contributed by atoms with Gasteiger partial charge in [0.05, 0.1) is 16.7 Å². The molecule has 2 rings (SSSR count). The minimum absolute atomic E-state index is 0.456. The van der Waals surface area contributed by atoms with Gasteiger partial charge in [0.15, 0.2) is 5.13 Å². The predicted molar refractivity (Wildman–Crippen MR) is 81.3 cm³/mol. The molecule has 0 aliphatic heterocycles. The number of anilines is 2. The van der Waals surface area contributed by atoms with Gasteiger partial charge in [-0.05, 0) is 39.8 Å². The average molecular weight is 276 g/mol. The molecule has 0 amide bonds. The van der Waals surface area contributed by atoms with Crippen LogP contribution < -0.4 is 4.90 Å². The molecule has 4 heteroatoms. The Morgan fingerprint density at radius 3 is 2.37 bits per heavy atom. The third-order valence-electron chi connectivity index (χ3n) is 3.09. The summed E-state index contributed by atoms with van der Waals surface area (Å²) >= 11 is 1.56. The van der Waals surface area contributed by atoms with Gasteiger partial charge < -0.3 is 10.0 Å². The van der Waals surface area contributed by atoms with Gasteiger partial charge in [0, 0.05) is 12.2 Å². The number of rotatable bonds is 4. The van der Waals surface area contributed by atoms with E-state index < -0.39 is 6.10 Å². The van der Waals surface area contributed by atoms with Crippen LogP contribution in [0.5, 0.6) is 0 Å². The molecule has 0 radical (unpaired) electrons. The van der Waals surface area contributed by atoms with E-state index in [0.29, 0.717) is 0 Å². The van der Waals surface area contributed by atoms with Gasteiger partial charge in [-0.15, -0.1) is 0 Å². The molecular formula is C15H20N2OS. The third kappa shape index (κ3) is 2.96. The summed E-state index contributed by atoms with van der Waals surface area (Å²) in [6.07, 6.45) is -0.456. The first kappa shape index (κ1) is 14.0. The van der Waals surface area contributed by atoms with Crippen molar-refractivity contribution < 1.29 is 5.11 Å². The summed E-state index contributed by atoms with van der Waals surface area (Å²) < 4.78 is 0. The van der Waals surface area contributed by atoms with Gasteiger partial charge in [0.1, 0.15) is 0 Å². The molecule has 0 aliphatic carbocycles. The van der Waals surface area contributed by atoms with Gasteiger partial charge >= 0.3 is 0 Å². The summed E-state index contributed by atoms with van der Waals surface area (Å²) in [4.78, 5) is 7.70. The first-order valence-corrected chi connectivity index (χ1v) is 7.34. The summed E-state index contributed by atoms with van der Waals surface area (Å²) in [6, 6.07) is 8.43. The van der Waals surface area contributed by atoms with Crippen LogP contribution in [0.1, 0.15) is 36.1 Å². The fourth-order valence-electron chi connectivity index (χ4n) is 2.05. The lowest BCUT2D eigenvalue weighted by Gasteiger charge is -2.20. The molecule has 1 atom stereocenters. The Labute approximate surface area is 118 Å². The molecule has 3 nitrogen and oxygen atoms in total. The smallest absolute Gasteiger partial charge is 0.190 e. The van der Waals surface area contributed by atoms with Crippen molar-refractivity contribution in [2.75, 3.05) is 11.4 Å². The predicted octanol–water partition coefficient (Wildman–Crippen LogP) is 3.97. The Balaban J connectivity index is 2.37. The highest BCUT2D eigenvalue weighted by Gasteiger charge is 2.16. The largest absolute Gasteiger partial charge is 0.388 e. The molecule has 0 bridgehead atoms. The standard InChI is InChI=1S/C15H20N2OS/c1-5-17(13-8-6-10(2)7-9-13)15-16-11(3)14(19-15)12(4)18/h6-9,12,18H,5H2,1-4H3. The fraction of sp³-hybridized carbons (Fsp3) is 0.400. The highest BCUT2D eigenvalue weighted by atomic mass is 32.1. The van der Waals surface area contributed by atoms with E-state index in [-0.39, 0.29) is 0 Å². The number of aliphatic hydroxyl groups excluding tert-OH is 1. The lowest BCUT2D eigenvalue weighted by molar-refractivity contribution is 0.202. The van der Waals surface area contributed by atoms with Crippen molar-refractivity contribution in [3.8, 4) is 0 Å². The van der Waals surface area contributed by atoms with E-state index in [0.717, 1.165) is 27.9 Å². The van der Waals surface area contributed by atoms with Crippen molar-refractivity contribution in [3.05, 3.63) is 40.4 Å². The number of hydrogen-bond donors (Lipinski definition) is 1. The Morgan fingerprint density at radius 1 is 1.26 bits per heavy atom. The van der Waals surface area contributed by atoms with Gasteiger partial charge in [-0.1, -0.05) is 29.0 Å². The van der Waals surface area contributed by atoms with Crippen LogP contribution in [0.3, 0.4) is 0 Å². The molecule has 19 heavy (non-hydrogen) atoms. The first-order chi connectivity index (χ1) is 9.02. The molecule has 0 fully saturated rings. The molecule has 1 aromatic heterocycles. The molecule has 1 heterocycles. The number of aryl methyl sites for hydroxylation is 2. The maximum Gasteiger partial charge on any atom is 0.190 e. The number of hydrogen-bond acceptors (Lipinski definition) is 4. The molecule has 1 aromatic carbocycles. The maximum atomic E-state index is 9.73. The fourth-order valence-corrected chi connectivity index (χ4v) is 3.14. The van der Waals surface area contributed by atoms with Crippen molar-refractivity contribution in [2.45, 2.75) is 33.8 Å². The third-order valence-corrected chi connectivity index (χ3v) is 4.44. The van der Waals surface area contributed by atoms with Crippen molar-refractivity contribution in [3.63, 3.8) is 0 Å². The van der Waals surface area contributed by atoms with E-state index in [2.05, 4.69) is 48.0 Å². The molecule has 0 spiro atoms. The number of benzene rings is 1. The van der Waals surface area contributed by atoms with E-state index in [9.17, 15) is 5.11 Å². The highest BCUT2D eigenvalue weighted by Crippen LogP contribution is 2.34. The van der Waals surface area contributed by atoms with E-state index in [4.69, 9.17) is 0 Å². The van der Waals surface area contributed by atoms with Crippen LogP contribution in [0.15, 0.2) is 24.3 Å². The van der Waals surface area contributed by atoms with Crippen LogP contribution in [0, 0.1) is 13.8 Å². The lowest BCUT2D eigenvalue weighted by atomic mass is 10.2. The second-order valence-corrected chi connectivity index (χ2v) is 5.71. The Kier molecular flexibility index (Phi) is 4.22. The van der Waals surface area contributed by atoms with Crippen molar-refractivity contribution in [1.82, 2.24) is 4.98 Å². The quantitative estimate of drug-likeness (QED) is 0.918. The van der Waals surface area contributed by atoms with Crippen molar-refractivity contribution in [1.29, 1.82) is 0 Å². The zero-order valence-corrected chi connectivity index (χ0v) is 12.7. The highest BCUT2D eigenvalue weighted by molar-refractivity contribution is 7.15. The van der Waals surface area contributed by atoms with Gasteiger partial charge in [-0.25, -0.2) is 4.98 Å². The summed E-state index contributed by atoms with van der Waals surface area (Å²) in [7, 11) is 0. The zero-order valence-electron chi connectivity index (χ0n) is 11.8. The van der Waals surface area contributed by atoms with Crippen LogP contribution in [0.4, 0.5) is 10.8 Å².